The number of amides is 1. The van der Waals surface area contributed by atoms with E-state index in [0.29, 0.717) is 39.5 Å². The minimum absolute atomic E-state index is 0.0145. The van der Waals surface area contributed by atoms with Crippen molar-refractivity contribution >= 4 is 21.9 Å². The van der Waals surface area contributed by atoms with Crippen molar-refractivity contribution in [3.63, 3.8) is 0 Å². The lowest BCUT2D eigenvalue weighted by molar-refractivity contribution is -0.124. The second-order valence-corrected chi connectivity index (χ2v) is 8.49. The number of carbonyl (C=O) groups excluding carboxylic acids is 2. The summed E-state index contributed by atoms with van der Waals surface area (Å²) in [4.78, 5) is 23.9. The molecule has 1 amide bonds. The van der Waals surface area contributed by atoms with Gasteiger partial charge in [-0.2, -0.15) is 4.31 Å². The standard InChI is InChI=1S/C18H24N2O7S/c21-17(19-12-15-2-1-9-26-15)13-27-18(22)14-3-5-16(6-4-14)28(23,24)20-7-10-25-11-8-20/h3-6,15H,1-2,7-13H2,(H,19,21)/t15-/m1/s1. The fraction of sp³-hybridized carbons (Fsp3) is 0.556. The van der Waals surface area contributed by atoms with Crippen molar-refractivity contribution < 1.29 is 32.2 Å². The maximum atomic E-state index is 12.6. The van der Waals surface area contributed by atoms with Crippen molar-refractivity contribution in [2.24, 2.45) is 0 Å². The number of carbonyl (C=O) groups is 2. The Morgan fingerprint density at radius 2 is 1.86 bits per heavy atom. The summed E-state index contributed by atoms with van der Waals surface area (Å²) >= 11 is 0. The number of morpholine rings is 1. The third kappa shape index (κ3) is 5.28. The van der Waals surface area contributed by atoms with Crippen LogP contribution in [0.15, 0.2) is 29.2 Å². The minimum atomic E-state index is -3.62. The molecule has 2 aliphatic heterocycles. The molecule has 0 radical (unpaired) electrons. The number of hydrogen-bond acceptors (Lipinski definition) is 7. The molecule has 154 valence electrons. The molecule has 1 N–H and O–H groups in total. The van der Waals surface area contributed by atoms with Crippen LogP contribution in [0.2, 0.25) is 0 Å². The van der Waals surface area contributed by atoms with Crippen molar-refractivity contribution in [3.8, 4) is 0 Å². The van der Waals surface area contributed by atoms with Gasteiger partial charge in [0.25, 0.3) is 5.91 Å². The molecule has 2 saturated heterocycles. The van der Waals surface area contributed by atoms with Gasteiger partial charge in [-0.25, -0.2) is 13.2 Å². The Bertz CT molecular complexity index is 783. The van der Waals surface area contributed by atoms with E-state index in [4.69, 9.17) is 14.2 Å². The van der Waals surface area contributed by atoms with E-state index in [1.54, 1.807) is 0 Å². The average Bonchev–Trinajstić information content (AvgIpc) is 3.25. The summed E-state index contributed by atoms with van der Waals surface area (Å²) in [6.07, 6.45) is 1.90. The van der Waals surface area contributed by atoms with Crippen LogP contribution in [-0.2, 0) is 29.0 Å². The van der Waals surface area contributed by atoms with Crippen molar-refractivity contribution in [2.75, 3.05) is 46.1 Å². The molecule has 0 bridgehead atoms. The monoisotopic (exact) mass is 412 g/mol. The second-order valence-electron chi connectivity index (χ2n) is 6.56. The molecule has 0 aliphatic carbocycles. The highest BCUT2D eigenvalue weighted by Gasteiger charge is 2.26. The van der Waals surface area contributed by atoms with Gasteiger partial charge < -0.3 is 19.5 Å². The first kappa shape index (κ1) is 20.7. The highest BCUT2D eigenvalue weighted by molar-refractivity contribution is 7.89. The SMILES string of the molecule is O=C(COC(=O)c1ccc(S(=O)(=O)N2CCOCC2)cc1)NC[C@H]1CCCO1. The van der Waals surface area contributed by atoms with E-state index < -0.39 is 28.5 Å². The summed E-state index contributed by atoms with van der Waals surface area (Å²) in [5.74, 6) is -1.10. The highest BCUT2D eigenvalue weighted by Crippen LogP contribution is 2.18. The predicted octanol–water partition coefficient (Wildman–Crippen LogP) is 0.160. The molecule has 10 heteroatoms. The third-order valence-corrected chi connectivity index (χ3v) is 6.50. The van der Waals surface area contributed by atoms with E-state index in [1.807, 2.05) is 0 Å². The number of nitrogens with one attached hydrogen (secondary N) is 1. The predicted molar refractivity (Wildman–Crippen MR) is 98.3 cm³/mol. The third-order valence-electron chi connectivity index (χ3n) is 4.58. The number of benzene rings is 1. The first-order valence-corrected chi connectivity index (χ1v) is 10.6. The van der Waals surface area contributed by atoms with Gasteiger partial charge in [-0.1, -0.05) is 0 Å². The van der Waals surface area contributed by atoms with Gasteiger partial charge in [0, 0.05) is 26.2 Å². The zero-order chi connectivity index (χ0) is 20.0. The molecular weight excluding hydrogens is 388 g/mol. The molecular formula is C18H24N2O7S. The molecule has 1 aromatic carbocycles. The van der Waals surface area contributed by atoms with E-state index in [9.17, 15) is 18.0 Å². The van der Waals surface area contributed by atoms with Gasteiger partial charge in [-0.05, 0) is 37.1 Å². The molecule has 0 saturated carbocycles. The summed E-state index contributed by atoms with van der Waals surface area (Å²) in [6, 6.07) is 5.47. The van der Waals surface area contributed by atoms with Crippen LogP contribution in [0.1, 0.15) is 23.2 Å². The molecule has 1 atom stereocenters. The molecule has 2 aliphatic rings. The van der Waals surface area contributed by atoms with E-state index in [-0.39, 0.29) is 16.6 Å². The maximum Gasteiger partial charge on any atom is 0.338 e. The second kappa shape index (κ2) is 9.46. The van der Waals surface area contributed by atoms with Gasteiger partial charge in [0.1, 0.15) is 0 Å². The Morgan fingerprint density at radius 3 is 2.50 bits per heavy atom. The Morgan fingerprint density at radius 1 is 1.14 bits per heavy atom. The molecule has 1 aromatic rings. The summed E-state index contributed by atoms with van der Waals surface area (Å²) in [5.41, 5.74) is 0.174. The van der Waals surface area contributed by atoms with Gasteiger partial charge >= 0.3 is 5.97 Å². The lowest BCUT2D eigenvalue weighted by Crippen LogP contribution is -2.40. The summed E-state index contributed by atoms with van der Waals surface area (Å²) in [7, 11) is -3.62. The largest absolute Gasteiger partial charge is 0.452 e. The number of ether oxygens (including phenoxy) is 3. The summed E-state index contributed by atoms with van der Waals surface area (Å²) in [5, 5.41) is 2.66. The fourth-order valence-electron chi connectivity index (χ4n) is 3.00. The first-order chi connectivity index (χ1) is 13.5. The first-order valence-electron chi connectivity index (χ1n) is 9.20. The van der Waals surface area contributed by atoms with Crippen molar-refractivity contribution in [1.82, 2.24) is 9.62 Å². The van der Waals surface area contributed by atoms with Crippen LogP contribution in [0.4, 0.5) is 0 Å². The molecule has 3 rings (SSSR count). The van der Waals surface area contributed by atoms with E-state index >= 15 is 0 Å². The highest BCUT2D eigenvalue weighted by atomic mass is 32.2. The lowest BCUT2D eigenvalue weighted by atomic mass is 10.2. The van der Waals surface area contributed by atoms with Crippen molar-refractivity contribution in [3.05, 3.63) is 29.8 Å². The van der Waals surface area contributed by atoms with Crippen molar-refractivity contribution in [2.45, 2.75) is 23.8 Å². The Kier molecular flexibility index (Phi) is 7.00. The quantitative estimate of drug-likeness (QED) is 0.635. The van der Waals surface area contributed by atoms with Crippen LogP contribution in [0.25, 0.3) is 0 Å². The number of nitrogens with zero attached hydrogens (tertiary/aromatic N) is 1. The van der Waals surface area contributed by atoms with Crippen LogP contribution >= 0.6 is 0 Å². The van der Waals surface area contributed by atoms with Gasteiger partial charge in [-0.15, -0.1) is 0 Å². The average molecular weight is 412 g/mol. The van der Waals surface area contributed by atoms with Crippen LogP contribution in [0.3, 0.4) is 0 Å². The zero-order valence-electron chi connectivity index (χ0n) is 15.5. The summed E-state index contributed by atoms with van der Waals surface area (Å²) < 4.78 is 42.0. The van der Waals surface area contributed by atoms with Crippen LogP contribution in [0, 0.1) is 0 Å². The molecule has 28 heavy (non-hydrogen) atoms. The minimum Gasteiger partial charge on any atom is -0.452 e. The Balaban J connectivity index is 1.49. The number of hydrogen-bond donors (Lipinski definition) is 1. The molecule has 0 spiro atoms. The molecule has 2 fully saturated rings. The van der Waals surface area contributed by atoms with Crippen LogP contribution < -0.4 is 5.32 Å². The lowest BCUT2D eigenvalue weighted by Gasteiger charge is -2.26. The smallest absolute Gasteiger partial charge is 0.338 e. The van der Waals surface area contributed by atoms with Crippen molar-refractivity contribution in [1.29, 1.82) is 0 Å². The molecule has 9 nitrogen and oxygen atoms in total. The van der Waals surface area contributed by atoms with E-state index in [2.05, 4.69) is 5.32 Å². The van der Waals surface area contributed by atoms with Gasteiger partial charge in [-0.3, -0.25) is 4.79 Å². The number of sulfonamides is 1. The fourth-order valence-corrected chi connectivity index (χ4v) is 4.41. The molecule has 0 unspecified atom stereocenters. The number of esters is 1. The normalized spacial score (nSPS) is 20.6. The van der Waals surface area contributed by atoms with Crippen LogP contribution in [0.5, 0.6) is 0 Å². The van der Waals surface area contributed by atoms with E-state index in [1.165, 1.54) is 28.6 Å². The topological polar surface area (TPSA) is 111 Å². The molecule has 0 aromatic heterocycles. The van der Waals surface area contributed by atoms with E-state index in [0.717, 1.165) is 12.8 Å². The maximum absolute atomic E-state index is 12.6. The zero-order valence-corrected chi connectivity index (χ0v) is 16.3. The molecule has 2 heterocycles. The number of rotatable bonds is 7. The summed E-state index contributed by atoms with van der Waals surface area (Å²) in [6.45, 7) is 2.01. The Labute approximate surface area is 164 Å². The van der Waals surface area contributed by atoms with Gasteiger partial charge in [0.2, 0.25) is 10.0 Å². The Hall–Kier alpha value is -2.01. The van der Waals surface area contributed by atoms with Crippen LogP contribution in [-0.4, -0.2) is 76.8 Å². The van der Waals surface area contributed by atoms with Gasteiger partial charge in [0.15, 0.2) is 6.61 Å². The van der Waals surface area contributed by atoms with Gasteiger partial charge in [0.05, 0.1) is 29.8 Å².